The van der Waals surface area contributed by atoms with Crippen molar-refractivity contribution in [3.05, 3.63) is 65.7 Å². The normalized spacial score (nSPS) is 10.9. The van der Waals surface area contributed by atoms with Gasteiger partial charge in [0.15, 0.2) is 0 Å². The van der Waals surface area contributed by atoms with Gasteiger partial charge < -0.3 is 10.1 Å². The Morgan fingerprint density at radius 1 is 1.15 bits per heavy atom. The summed E-state index contributed by atoms with van der Waals surface area (Å²) in [5.74, 6) is 0.275. The van der Waals surface area contributed by atoms with Crippen molar-refractivity contribution in [2.75, 3.05) is 13.2 Å². The largest absolute Gasteiger partial charge is 0.492 e. The summed E-state index contributed by atoms with van der Waals surface area (Å²) in [5, 5.41) is 2.72. The van der Waals surface area contributed by atoms with Crippen LogP contribution in [0.4, 0.5) is 4.39 Å². The predicted octanol–water partition coefficient (Wildman–Crippen LogP) is 3.70. The molecule has 0 fully saturated rings. The Bertz CT molecular complexity index is 911. The number of ether oxygens (including phenoxy) is 1. The highest BCUT2D eigenvalue weighted by molar-refractivity contribution is 6.04. The van der Waals surface area contributed by atoms with Crippen molar-refractivity contribution in [1.82, 2.24) is 15.3 Å². The molecule has 3 rings (SSSR count). The summed E-state index contributed by atoms with van der Waals surface area (Å²) in [6, 6.07) is 10.3. The molecule has 1 N–H and O–H groups in total. The smallest absolute Gasteiger partial charge is 0.253 e. The number of fused-ring (bicyclic) bond motifs is 1. The van der Waals surface area contributed by atoms with Gasteiger partial charge in [-0.1, -0.05) is 26.0 Å². The van der Waals surface area contributed by atoms with Crippen molar-refractivity contribution in [2.24, 2.45) is 0 Å². The zero-order valence-electron chi connectivity index (χ0n) is 14.7. The van der Waals surface area contributed by atoms with E-state index in [0.717, 1.165) is 11.8 Å². The van der Waals surface area contributed by atoms with Crippen LogP contribution in [0.2, 0.25) is 0 Å². The Balaban J connectivity index is 1.58. The number of carbonyl (C=O) groups excluding carboxylic acids is 1. The van der Waals surface area contributed by atoms with E-state index in [1.54, 1.807) is 0 Å². The first-order valence-corrected chi connectivity index (χ1v) is 8.46. The Kier molecular flexibility index (Phi) is 5.41. The molecular weight excluding hydrogens is 333 g/mol. The van der Waals surface area contributed by atoms with Crippen LogP contribution in [-0.2, 0) is 0 Å². The quantitative estimate of drug-likeness (QED) is 0.686. The van der Waals surface area contributed by atoms with Gasteiger partial charge in [-0.15, -0.1) is 0 Å². The topological polar surface area (TPSA) is 64.1 Å². The van der Waals surface area contributed by atoms with Crippen LogP contribution in [0.15, 0.2) is 48.8 Å². The minimum Gasteiger partial charge on any atom is -0.492 e. The molecule has 0 aliphatic rings. The first-order chi connectivity index (χ1) is 12.5. The SMILES string of the molecule is CC(C)c1ccc(OCCNC(=O)c2cc(F)cc3nccnc23)cc1. The van der Waals surface area contributed by atoms with Gasteiger partial charge >= 0.3 is 0 Å². The molecular formula is C20H20FN3O2. The first-order valence-electron chi connectivity index (χ1n) is 8.46. The highest BCUT2D eigenvalue weighted by Crippen LogP contribution is 2.19. The number of hydrogen-bond donors (Lipinski definition) is 1. The number of aromatic nitrogens is 2. The fourth-order valence-electron chi connectivity index (χ4n) is 2.59. The molecule has 0 aliphatic carbocycles. The van der Waals surface area contributed by atoms with Crippen LogP contribution in [0.25, 0.3) is 11.0 Å². The van der Waals surface area contributed by atoms with Gasteiger partial charge in [-0.3, -0.25) is 14.8 Å². The second-order valence-corrected chi connectivity index (χ2v) is 6.21. The van der Waals surface area contributed by atoms with Gasteiger partial charge in [0.2, 0.25) is 0 Å². The van der Waals surface area contributed by atoms with Gasteiger partial charge in [0.05, 0.1) is 17.6 Å². The van der Waals surface area contributed by atoms with Crippen molar-refractivity contribution in [1.29, 1.82) is 0 Å². The summed E-state index contributed by atoms with van der Waals surface area (Å²) >= 11 is 0. The molecule has 5 nitrogen and oxygen atoms in total. The van der Waals surface area contributed by atoms with E-state index in [1.807, 2.05) is 24.3 Å². The van der Waals surface area contributed by atoms with Crippen molar-refractivity contribution < 1.29 is 13.9 Å². The van der Waals surface area contributed by atoms with Crippen LogP contribution in [0.5, 0.6) is 5.75 Å². The molecule has 0 radical (unpaired) electrons. The molecule has 1 heterocycles. The summed E-state index contributed by atoms with van der Waals surface area (Å²) < 4.78 is 19.3. The monoisotopic (exact) mass is 353 g/mol. The lowest BCUT2D eigenvalue weighted by Gasteiger charge is -2.10. The zero-order valence-corrected chi connectivity index (χ0v) is 14.7. The van der Waals surface area contributed by atoms with Crippen LogP contribution in [0.1, 0.15) is 35.7 Å². The Hall–Kier alpha value is -3.02. The lowest BCUT2D eigenvalue weighted by Crippen LogP contribution is -2.28. The van der Waals surface area contributed by atoms with E-state index in [2.05, 4.69) is 29.1 Å². The van der Waals surface area contributed by atoms with Gasteiger partial charge in [-0.25, -0.2) is 4.39 Å². The van der Waals surface area contributed by atoms with E-state index < -0.39 is 11.7 Å². The lowest BCUT2D eigenvalue weighted by atomic mass is 10.0. The number of rotatable bonds is 6. The minimum atomic E-state index is -0.523. The number of amides is 1. The maximum absolute atomic E-state index is 13.7. The molecule has 0 saturated carbocycles. The lowest BCUT2D eigenvalue weighted by molar-refractivity contribution is 0.0948. The van der Waals surface area contributed by atoms with E-state index in [0.29, 0.717) is 30.1 Å². The third-order valence-corrected chi connectivity index (χ3v) is 3.99. The fourth-order valence-corrected chi connectivity index (χ4v) is 2.59. The van der Waals surface area contributed by atoms with E-state index >= 15 is 0 Å². The van der Waals surface area contributed by atoms with E-state index in [4.69, 9.17) is 4.74 Å². The van der Waals surface area contributed by atoms with Crippen molar-refractivity contribution in [2.45, 2.75) is 19.8 Å². The van der Waals surface area contributed by atoms with Gasteiger partial charge in [-0.2, -0.15) is 0 Å². The number of halogens is 1. The molecule has 0 unspecified atom stereocenters. The third-order valence-electron chi connectivity index (χ3n) is 3.99. The van der Waals surface area contributed by atoms with E-state index in [1.165, 1.54) is 24.0 Å². The molecule has 26 heavy (non-hydrogen) atoms. The summed E-state index contributed by atoms with van der Waals surface area (Å²) in [6.07, 6.45) is 2.93. The molecule has 2 aromatic carbocycles. The Labute approximate surface area is 151 Å². The van der Waals surface area contributed by atoms with Crippen molar-refractivity contribution in [3.8, 4) is 5.75 Å². The van der Waals surface area contributed by atoms with Gasteiger partial charge in [-0.05, 0) is 29.7 Å². The van der Waals surface area contributed by atoms with Crippen LogP contribution in [-0.4, -0.2) is 29.0 Å². The maximum Gasteiger partial charge on any atom is 0.253 e. The van der Waals surface area contributed by atoms with Crippen molar-refractivity contribution >= 4 is 16.9 Å². The second kappa shape index (κ2) is 7.91. The van der Waals surface area contributed by atoms with Gasteiger partial charge in [0.25, 0.3) is 5.91 Å². The van der Waals surface area contributed by atoms with Crippen LogP contribution >= 0.6 is 0 Å². The molecule has 1 amide bonds. The molecule has 134 valence electrons. The van der Waals surface area contributed by atoms with Crippen LogP contribution in [0, 0.1) is 5.82 Å². The minimum absolute atomic E-state index is 0.161. The second-order valence-electron chi connectivity index (χ2n) is 6.21. The van der Waals surface area contributed by atoms with Crippen LogP contribution in [0.3, 0.4) is 0 Å². The number of nitrogens with zero attached hydrogens (tertiary/aromatic N) is 2. The molecule has 0 bridgehead atoms. The van der Waals surface area contributed by atoms with Gasteiger partial charge in [0, 0.05) is 18.5 Å². The standard InChI is InChI=1S/C20H20FN3O2/c1-13(2)14-3-5-16(6-4-14)26-10-9-24-20(25)17-11-15(21)12-18-19(17)23-8-7-22-18/h3-8,11-13H,9-10H2,1-2H3,(H,24,25). The average molecular weight is 353 g/mol. The molecule has 3 aromatic rings. The maximum atomic E-state index is 13.7. The highest BCUT2D eigenvalue weighted by Gasteiger charge is 2.13. The van der Waals surface area contributed by atoms with Crippen molar-refractivity contribution in [3.63, 3.8) is 0 Å². The molecule has 0 spiro atoms. The summed E-state index contributed by atoms with van der Waals surface area (Å²) in [4.78, 5) is 20.5. The summed E-state index contributed by atoms with van der Waals surface area (Å²) in [5.41, 5.74) is 2.12. The Morgan fingerprint density at radius 3 is 2.62 bits per heavy atom. The molecule has 6 heteroatoms. The van der Waals surface area contributed by atoms with Crippen LogP contribution < -0.4 is 10.1 Å². The third kappa shape index (κ3) is 4.14. The summed E-state index contributed by atoms with van der Waals surface area (Å²) in [7, 11) is 0. The summed E-state index contributed by atoms with van der Waals surface area (Å²) in [6.45, 7) is 4.87. The first kappa shape index (κ1) is 17.8. The number of hydrogen-bond acceptors (Lipinski definition) is 4. The van der Waals surface area contributed by atoms with Gasteiger partial charge in [0.1, 0.15) is 23.7 Å². The highest BCUT2D eigenvalue weighted by atomic mass is 19.1. The van der Waals surface area contributed by atoms with E-state index in [-0.39, 0.29) is 5.56 Å². The van der Waals surface area contributed by atoms with E-state index in [9.17, 15) is 9.18 Å². The predicted molar refractivity (Wildman–Crippen MR) is 97.9 cm³/mol. The zero-order chi connectivity index (χ0) is 18.5. The average Bonchev–Trinajstić information content (AvgIpc) is 2.64. The Morgan fingerprint density at radius 2 is 1.88 bits per heavy atom. The number of nitrogens with one attached hydrogen (secondary N) is 1. The number of carbonyl (C=O) groups is 1. The molecule has 0 atom stereocenters. The molecule has 0 saturated heterocycles. The molecule has 1 aromatic heterocycles. The molecule has 0 aliphatic heterocycles. The fraction of sp³-hybridized carbons (Fsp3) is 0.250. The number of benzene rings is 2.